The number of benzene rings is 1. The van der Waals surface area contributed by atoms with Gasteiger partial charge in [-0.15, -0.1) is 0 Å². The number of hydrogen-bond acceptors (Lipinski definition) is 4. The lowest BCUT2D eigenvalue weighted by Gasteiger charge is -2.10. The van der Waals surface area contributed by atoms with Crippen LogP contribution in [0.3, 0.4) is 0 Å². The molecule has 1 aromatic carbocycles. The fraction of sp³-hybridized carbons (Fsp3) is 0.125. The number of carbonyl (C=O) groups excluding carboxylic acids is 1. The van der Waals surface area contributed by atoms with E-state index < -0.39 is 17.2 Å². The molecule has 0 spiro atoms. The van der Waals surface area contributed by atoms with Crippen molar-refractivity contribution in [1.29, 1.82) is 0 Å². The molecule has 2 heterocycles. The Morgan fingerprint density at radius 2 is 2.13 bits per heavy atom. The van der Waals surface area contributed by atoms with E-state index >= 15 is 0 Å². The summed E-state index contributed by atoms with van der Waals surface area (Å²) in [7, 11) is 0. The van der Waals surface area contributed by atoms with Crippen molar-refractivity contribution in [3.63, 3.8) is 0 Å². The van der Waals surface area contributed by atoms with E-state index in [1.165, 1.54) is 23.0 Å². The number of pyridine rings is 1. The molecule has 3 aromatic rings. The summed E-state index contributed by atoms with van der Waals surface area (Å²) in [5.74, 6) is -0.914. The highest BCUT2D eigenvalue weighted by Crippen LogP contribution is 2.12. The van der Waals surface area contributed by atoms with Gasteiger partial charge in [0.2, 0.25) is 5.43 Å². The van der Waals surface area contributed by atoms with Crippen LogP contribution in [0.5, 0.6) is 0 Å². The van der Waals surface area contributed by atoms with E-state index in [1.54, 1.807) is 18.2 Å². The molecule has 1 amide bonds. The highest BCUT2D eigenvalue weighted by atomic mass is 19.1. The van der Waals surface area contributed by atoms with Gasteiger partial charge in [-0.25, -0.2) is 9.37 Å². The lowest BCUT2D eigenvalue weighted by Crippen LogP contribution is -2.27. The number of rotatable bonds is 3. The molecule has 2 aromatic heterocycles. The standard InChI is InChI=1S/C16H13FN4O2/c1-2-21-12-7-6-10(17)9-11(12)15(22)14(20-21)16(23)19-13-5-3-4-8-18-13/h3-9H,2H2,1H3,(H,18,19,23). The average molecular weight is 312 g/mol. The van der Waals surface area contributed by atoms with Gasteiger partial charge in [0.05, 0.1) is 10.9 Å². The van der Waals surface area contributed by atoms with Crippen LogP contribution in [-0.2, 0) is 6.54 Å². The topological polar surface area (TPSA) is 76.9 Å². The van der Waals surface area contributed by atoms with Crippen molar-refractivity contribution in [2.75, 3.05) is 5.32 Å². The Labute approximate surface area is 130 Å². The van der Waals surface area contributed by atoms with Crippen molar-refractivity contribution in [3.8, 4) is 0 Å². The second kappa shape index (κ2) is 5.96. The summed E-state index contributed by atoms with van der Waals surface area (Å²) in [6.07, 6.45) is 1.52. The van der Waals surface area contributed by atoms with Crippen molar-refractivity contribution in [3.05, 3.63) is 64.3 Å². The number of nitrogens with one attached hydrogen (secondary N) is 1. The van der Waals surface area contributed by atoms with Gasteiger partial charge in [0.25, 0.3) is 5.91 Å². The minimum absolute atomic E-state index is 0.119. The van der Waals surface area contributed by atoms with E-state index in [4.69, 9.17) is 0 Å². The number of anilines is 1. The molecule has 6 nitrogen and oxygen atoms in total. The van der Waals surface area contributed by atoms with Crippen molar-refractivity contribution in [2.24, 2.45) is 0 Å². The maximum absolute atomic E-state index is 13.5. The Hall–Kier alpha value is -3.09. The van der Waals surface area contributed by atoms with Crippen LogP contribution in [0.1, 0.15) is 17.4 Å². The van der Waals surface area contributed by atoms with Gasteiger partial charge in [0.15, 0.2) is 5.69 Å². The second-order valence-electron chi connectivity index (χ2n) is 4.82. The van der Waals surface area contributed by atoms with Crippen molar-refractivity contribution >= 4 is 22.6 Å². The first kappa shape index (κ1) is 14.8. The van der Waals surface area contributed by atoms with Gasteiger partial charge in [0.1, 0.15) is 11.6 Å². The Morgan fingerprint density at radius 3 is 2.83 bits per heavy atom. The third-order valence-corrected chi connectivity index (χ3v) is 3.34. The molecule has 1 N–H and O–H groups in total. The Bertz CT molecular complexity index is 938. The maximum Gasteiger partial charge on any atom is 0.281 e. The van der Waals surface area contributed by atoms with Crippen LogP contribution in [0.15, 0.2) is 47.4 Å². The normalized spacial score (nSPS) is 10.7. The molecule has 0 saturated heterocycles. The third kappa shape index (κ3) is 2.80. The number of nitrogens with zero attached hydrogens (tertiary/aromatic N) is 3. The number of aryl methyl sites for hydroxylation is 1. The number of amides is 1. The van der Waals surface area contributed by atoms with Crippen LogP contribution in [0.2, 0.25) is 0 Å². The largest absolute Gasteiger partial charge is 0.305 e. The van der Waals surface area contributed by atoms with Crippen LogP contribution >= 0.6 is 0 Å². The molecule has 3 rings (SSSR count). The first-order valence-corrected chi connectivity index (χ1v) is 7.03. The predicted octanol–water partition coefficient (Wildman–Crippen LogP) is 2.20. The molecule has 0 radical (unpaired) electrons. The zero-order valence-electron chi connectivity index (χ0n) is 12.3. The number of hydrogen-bond donors (Lipinski definition) is 1. The molecule has 0 unspecified atom stereocenters. The summed E-state index contributed by atoms with van der Waals surface area (Å²) >= 11 is 0. The first-order chi connectivity index (χ1) is 11.1. The molecule has 0 atom stereocenters. The molecule has 0 aliphatic rings. The maximum atomic E-state index is 13.5. The lowest BCUT2D eigenvalue weighted by atomic mass is 10.2. The van der Waals surface area contributed by atoms with Crippen LogP contribution in [0, 0.1) is 5.82 Å². The summed E-state index contributed by atoms with van der Waals surface area (Å²) in [6, 6.07) is 8.85. The van der Waals surface area contributed by atoms with Crippen LogP contribution < -0.4 is 10.7 Å². The predicted molar refractivity (Wildman–Crippen MR) is 83.8 cm³/mol. The summed E-state index contributed by atoms with van der Waals surface area (Å²) in [5.41, 5.74) is -0.429. The van der Waals surface area contributed by atoms with Crippen molar-refractivity contribution < 1.29 is 9.18 Å². The van der Waals surface area contributed by atoms with Crippen molar-refractivity contribution in [2.45, 2.75) is 13.5 Å². The van der Waals surface area contributed by atoms with Gasteiger partial charge in [0, 0.05) is 12.7 Å². The molecule has 116 valence electrons. The summed E-state index contributed by atoms with van der Waals surface area (Å²) in [6.45, 7) is 2.26. The summed E-state index contributed by atoms with van der Waals surface area (Å²) in [4.78, 5) is 28.7. The van der Waals surface area contributed by atoms with Gasteiger partial charge in [-0.1, -0.05) is 6.07 Å². The highest BCUT2D eigenvalue weighted by Gasteiger charge is 2.18. The first-order valence-electron chi connectivity index (χ1n) is 7.03. The average Bonchev–Trinajstić information content (AvgIpc) is 2.56. The van der Waals surface area contributed by atoms with Gasteiger partial charge in [-0.3, -0.25) is 14.3 Å². The van der Waals surface area contributed by atoms with E-state index in [0.29, 0.717) is 17.9 Å². The molecular formula is C16H13FN4O2. The molecule has 0 aliphatic heterocycles. The van der Waals surface area contributed by atoms with Gasteiger partial charge < -0.3 is 5.32 Å². The molecule has 0 saturated carbocycles. The van der Waals surface area contributed by atoms with Gasteiger partial charge in [-0.05, 0) is 37.3 Å². The fourth-order valence-electron chi connectivity index (χ4n) is 2.26. The molecule has 0 bridgehead atoms. The quantitative estimate of drug-likeness (QED) is 0.804. The number of halogens is 1. The monoisotopic (exact) mass is 312 g/mol. The zero-order valence-corrected chi connectivity index (χ0v) is 12.3. The minimum atomic E-state index is -0.679. The third-order valence-electron chi connectivity index (χ3n) is 3.34. The van der Waals surface area contributed by atoms with E-state index in [1.807, 2.05) is 6.92 Å². The van der Waals surface area contributed by atoms with Crippen molar-refractivity contribution in [1.82, 2.24) is 14.8 Å². The van der Waals surface area contributed by atoms with Gasteiger partial charge in [-0.2, -0.15) is 5.10 Å². The highest BCUT2D eigenvalue weighted by molar-refractivity contribution is 6.03. The van der Waals surface area contributed by atoms with E-state index in [9.17, 15) is 14.0 Å². The SMILES string of the molecule is CCn1nc(C(=O)Nc2ccccn2)c(=O)c2cc(F)ccc21. The number of aromatic nitrogens is 3. The fourth-order valence-corrected chi connectivity index (χ4v) is 2.26. The molecule has 0 fully saturated rings. The Morgan fingerprint density at radius 1 is 1.30 bits per heavy atom. The van der Waals surface area contributed by atoms with Crippen LogP contribution in [0.25, 0.3) is 10.9 Å². The van der Waals surface area contributed by atoms with Crippen LogP contribution in [0.4, 0.5) is 10.2 Å². The van der Waals surface area contributed by atoms with E-state index in [0.717, 1.165) is 6.07 Å². The Balaban J connectivity index is 2.12. The lowest BCUT2D eigenvalue weighted by molar-refractivity contribution is 0.101. The molecule has 0 aliphatic carbocycles. The zero-order chi connectivity index (χ0) is 16.4. The molecule has 23 heavy (non-hydrogen) atoms. The van der Waals surface area contributed by atoms with Crippen LogP contribution in [-0.4, -0.2) is 20.7 Å². The summed E-state index contributed by atoms with van der Waals surface area (Å²) in [5, 5.41) is 6.72. The van der Waals surface area contributed by atoms with Gasteiger partial charge >= 0.3 is 0 Å². The Kier molecular flexibility index (Phi) is 3.84. The smallest absolute Gasteiger partial charge is 0.281 e. The number of fused-ring (bicyclic) bond motifs is 1. The second-order valence-corrected chi connectivity index (χ2v) is 4.82. The number of carbonyl (C=O) groups is 1. The molecule has 7 heteroatoms. The summed E-state index contributed by atoms with van der Waals surface area (Å²) < 4.78 is 14.9. The molecular weight excluding hydrogens is 299 g/mol. The minimum Gasteiger partial charge on any atom is -0.305 e. The van der Waals surface area contributed by atoms with E-state index in [-0.39, 0.29) is 11.1 Å². The van der Waals surface area contributed by atoms with E-state index in [2.05, 4.69) is 15.4 Å².